The van der Waals surface area contributed by atoms with E-state index in [1.165, 1.54) is 10.8 Å². The Hall–Kier alpha value is -2.18. The molecule has 0 aromatic carbocycles. The van der Waals surface area contributed by atoms with Crippen molar-refractivity contribution >= 4 is 0 Å². The second-order valence-electron chi connectivity index (χ2n) is 4.17. The van der Waals surface area contributed by atoms with E-state index < -0.39 is 5.69 Å². The van der Waals surface area contributed by atoms with Gasteiger partial charge < -0.3 is 0 Å². The number of aryl methyl sites for hydroxylation is 2. The van der Waals surface area contributed by atoms with Crippen molar-refractivity contribution in [3.63, 3.8) is 0 Å². The summed E-state index contributed by atoms with van der Waals surface area (Å²) in [6.07, 6.45) is 4.30. The molecular formula is C11H15N5O2. The molecule has 0 amide bonds. The van der Waals surface area contributed by atoms with Gasteiger partial charge in [-0.2, -0.15) is 0 Å². The van der Waals surface area contributed by atoms with E-state index in [1.807, 2.05) is 0 Å². The molecule has 1 N–H and O–H groups in total. The normalized spacial score (nSPS) is 10.8. The summed E-state index contributed by atoms with van der Waals surface area (Å²) in [5.74, 6) is 0. The fourth-order valence-corrected chi connectivity index (χ4v) is 1.66. The van der Waals surface area contributed by atoms with Crippen molar-refractivity contribution < 1.29 is 0 Å². The Morgan fingerprint density at radius 1 is 1.33 bits per heavy atom. The average Bonchev–Trinajstić information content (AvgIpc) is 2.74. The molecule has 96 valence electrons. The highest BCUT2D eigenvalue weighted by molar-refractivity contribution is 5.03. The van der Waals surface area contributed by atoms with Gasteiger partial charge in [0.25, 0.3) is 5.56 Å². The molecule has 0 aliphatic heterocycles. The second kappa shape index (κ2) is 4.99. The van der Waals surface area contributed by atoms with Gasteiger partial charge in [-0.05, 0) is 13.3 Å². The minimum absolute atomic E-state index is 0.306. The summed E-state index contributed by atoms with van der Waals surface area (Å²) in [6.45, 7) is 4.81. The lowest BCUT2D eigenvalue weighted by molar-refractivity contribution is 0.578. The van der Waals surface area contributed by atoms with Gasteiger partial charge in [0.05, 0.1) is 12.7 Å². The molecule has 0 radical (unpaired) electrons. The summed E-state index contributed by atoms with van der Waals surface area (Å²) in [5, 5.41) is 7.94. The molecule has 0 fully saturated rings. The van der Waals surface area contributed by atoms with Crippen LogP contribution >= 0.6 is 0 Å². The number of nitrogens with one attached hydrogen (secondary N) is 1. The molecule has 0 unspecified atom stereocenters. The number of H-pyrrole nitrogens is 1. The number of hydrogen-bond donors (Lipinski definition) is 1. The Balaban J connectivity index is 2.25. The van der Waals surface area contributed by atoms with Crippen LogP contribution in [0.15, 0.2) is 22.0 Å². The van der Waals surface area contributed by atoms with Gasteiger partial charge in [-0.15, -0.1) is 5.10 Å². The van der Waals surface area contributed by atoms with Gasteiger partial charge in [0.1, 0.15) is 5.69 Å². The first kappa shape index (κ1) is 12.3. The fraction of sp³-hybridized carbons (Fsp3) is 0.455. The van der Waals surface area contributed by atoms with E-state index in [2.05, 4.69) is 22.2 Å². The van der Waals surface area contributed by atoms with Gasteiger partial charge in [-0.25, -0.2) is 4.79 Å². The number of hydrogen-bond acceptors (Lipinski definition) is 4. The van der Waals surface area contributed by atoms with E-state index in [-0.39, 0.29) is 5.56 Å². The molecule has 0 bridgehead atoms. The molecule has 0 aliphatic rings. The summed E-state index contributed by atoms with van der Waals surface area (Å²) >= 11 is 0. The maximum atomic E-state index is 11.6. The van der Waals surface area contributed by atoms with Gasteiger partial charge in [0.15, 0.2) is 0 Å². The number of rotatable bonds is 4. The van der Waals surface area contributed by atoms with Gasteiger partial charge in [0.2, 0.25) is 0 Å². The maximum Gasteiger partial charge on any atom is 0.328 e. The number of aromatic nitrogens is 5. The van der Waals surface area contributed by atoms with Crippen LogP contribution in [0.5, 0.6) is 0 Å². The van der Waals surface area contributed by atoms with Crippen LogP contribution in [0.4, 0.5) is 0 Å². The second-order valence-corrected chi connectivity index (χ2v) is 4.17. The molecule has 2 aromatic rings. The summed E-state index contributed by atoms with van der Waals surface area (Å²) < 4.78 is 3.15. The van der Waals surface area contributed by atoms with Crippen LogP contribution in [0, 0.1) is 6.92 Å². The van der Waals surface area contributed by atoms with E-state index in [9.17, 15) is 9.59 Å². The van der Waals surface area contributed by atoms with Crippen LogP contribution < -0.4 is 11.2 Å². The Morgan fingerprint density at radius 2 is 2.11 bits per heavy atom. The molecule has 7 heteroatoms. The minimum atomic E-state index is -0.435. The predicted octanol–water partition coefficient (Wildman–Crippen LogP) is -0.105. The molecular weight excluding hydrogens is 234 g/mol. The van der Waals surface area contributed by atoms with Crippen LogP contribution in [0.1, 0.15) is 24.6 Å². The van der Waals surface area contributed by atoms with Crippen molar-refractivity contribution in [2.24, 2.45) is 0 Å². The van der Waals surface area contributed by atoms with Gasteiger partial charge in [-0.3, -0.25) is 19.0 Å². The molecule has 2 aromatic heterocycles. The first-order chi connectivity index (χ1) is 8.60. The largest absolute Gasteiger partial charge is 0.328 e. The topological polar surface area (TPSA) is 85.6 Å². The van der Waals surface area contributed by atoms with E-state index in [0.29, 0.717) is 17.8 Å². The summed E-state index contributed by atoms with van der Waals surface area (Å²) in [7, 11) is 0. The van der Waals surface area contributed by atoms with Crippen molar-refractivity contribution in [1.29, 1.82) is 0 Å². The number of aromatic amines is 1. The lowest BCUT2D eigenvalue weighted by Gasteiger charge is -2.02. The van der Waals surface area contributed by atoms with Crippen LogP contribution in [0.25, 0.3) is 0 Å². The minimum Gasteiger partial charge on any atom is -0.294 e. The smallest absolute Gasteiger partial charge is 0.294 e. The van der Waals surface area contributed by atoms with Crippen LogP contribution in [0.3, 0.4) is 0 Å². The monoisotopic (exact) mass is 249 g/mol. The van der Waals surface area contributed by atoms with Crippen molar-refractivity contribution in [3.05, 3.63) is 44.5 Å². The summed E-state index contributed by atoms with van der Waals surface area (Å²) in [6, 6.07) is 0. The Labute approximate surface area is 103 Å². The molecule has 7 nitrogen and oxygen atoms in total. The Bertz CT molecular complexity index is 652. The molecule has 2 heterocycles. The van der Waals surface area contributed by atoms with Crippen LogP contribution in [-0.2, 0) is 13.1 Å². The highest BCUT2D eigenvalue weighted by Crippen LogP contribution is 1.97. The Morgan fingerprint density at radius 3 is 2.83 bits per heavy atom. The Kier molecular flexibility index (Phi) is 3.40. The van der Waals surface area contributed by atoms with E-state index in [0.717, 1.165) is 13.0 Å². The molecule has 0 saturated heterocycles. The van der Waals surface area contributed by atoms with Gasteiger partial charge in [-0.1, -0.05) is 12.1 Å². The third kappa shape index (κ3) is 2.55. The van der Waals surface area contributed by atoms with Crippen molar-refractivity contribution in [3.8, 4) is 0 Å². The molecule has 0 atom stereocenters. The van der Waals surface area contributed by atoms with Crippen LogP contribution in [0.2, 0.25) is 0 Å². The molecule has 0 aliphatic carbocycles. The molecule has 0 saturated carbocycles. The quantitative estimate of drug-likeness (QED) is 0.819. The first-order valence-corrected chi connectivity index (χ1v) is 5.79. The fourth-order valence-electron chi connectivity index (χ4n) is 1.66. The molecule has 2 rings (SSSR count). The third-order valence-corrected chi connectivity index (χ3v) is 2.56. The lowest BCUT2D eigenvalue weighted by Crippen LogP contribution is -2.31. The highest BCUT2D eigenvalue weighted by Gasteiger charge is 2.05. The lowest BCUT2D eigenvalue weighted by atomic mass is 10.3. The third-order valence-electron chi connectivity index (χ3n) is 2.56. The van der Waals surface area contributed by atoms with E-state index in [1.54, 1.807) is 17.8 Å². The maximum absolute atomic E-state index is 11.6. The summed E-state index contributed by atoms with van der Waals surface area (Å²) in [4.78, 5) is 25.1. The van der Waals surface area contributed by atoms with Gasteiger partial charge >= 0.3 is 5.69 Å². The molecule has 18 heavy (non-hydrogen) atoms. The van der Waals surface area contributed by atoms with Crippen molar-refractivity contribution in [2.45, 2.75) is 33.4 Å². The SMILES string of the molecule is CCCn1cc(Cn2cc(C)c(=O)[nH]c2=O)nn1. The van der Waals surface area contributed by atoms with Crippen LogP contribution in [-0.4, -0.2) is 24.5 Å². The predicted molar refractivity (Wildman–Crippen MR) is 65.5 cm³/mol. The first-order valence-electron chi connectivity index (χ1n) is 5.79. The van der Waals surface area contributed by atoms with E-state index >= 15 is 0 Å². The van der Waals surface area contributed by atoms with Crippen molar-refractivity contribution in [1.82, 2.24) is 24.5 Å². The number of nitrogens with zero attached hydrogens (tertiary/aromatic N) is 4. The standard InChI is InChI=1S/C11H15N5O2/c1-3-4-16-7-9(13-14-16)6-15-5-8(2)10(17)12-11(15)18/h5,7H,3-4,6H2,1-2H3,(H,12,17,18). The van der Waals surface area contributed by atoms with Gasteiger partial charge in [0, 0.05) is 18.3 Å². The zero-order valence-corrected chi connectivity index (χ0v) is 10.4. The highest BCUT2D eigenvalue weighted by atomic mass is 16.2. The van der Waals surface area contributed by atoms with E-state index in [4.69, 9.17) is 0 Å². The zero-order chi connectivity index (χ0) is 13.1. The molecule has 0 spiro atoms. The van der Waals surface area contributed by atoms with Crippen molar-refractivity contribution in [2.75, 3.05) is 0 Å². The summed E-state index contributed by atoms with van der Waals surface area (Å²) in [5.41, 5.74) is 0.397. The zero-order valence-electron chi connectivity index (χ0n) is 10.4. The average molecular weight is 249 g/mol.